The van der Waals surface area contributed by atoms with Gasteiger partial charge in [-0.3, -0.25) is 9.78 Å². The molecule has 1 aliphatic heterocycles. The quantitative estimate of drug-likeness (QED) is 0.759. The van der Waals surface area contributed by atoms with Gasteiger partial charge in [-0.2, -0.15) is 0 Å². The number of ether oxygens (including phenoxy) is 1. The third-order valence-electron chi connectivity index (χ3n) is 4.76. The van der Waals surface area contributed by atoms with Crippen LogP contribution in [0.2, 0.25) is 0 Å². The lowest BCUT2D eigenvalue weighted by molar-refractivity contribution is 0.0658. The maximum atomic E-state index is 12.5. The normalized spacial score (nSPS) is 15.2. The number of aromatic nitrogens is 4. The molecule has 1 fully saturated rings. The molecular weight excluding hydrogens is 346 g/mol. The second kappa shape index (κ2) is 7.22. The first kappa shape index (κ1) is 17.3. The molecular formula is C19H21N5O3. The Labute approximate surface area is 156 Å². The number of carbonyl (C=O) groups is 1. The summed E-state index contributed by atoms with van der Waals surface area (Å²) in [5.74, 6) is 0.852. The summed E-state index contributed by atoms with van der Waals surface area (Å²) in [6, 6.07) is 5.17. The molecule has 8 heteroatoms. The minimum absolute atomic E-state index is 0.00157. The standard InChI is InChI=1S/C19H21N5O3/c1-13-11-24-17(21-13)2-3-18(22-24)27-12-14-4-6-23(7-5-14)19(26)15-8-16(25)10-20-9-15/h2-3,8-11,14,25H,4-7,12H2,1H3. The molecule has 27 heavy (non-hydrogen) atoms. The average Bonchev–Trinajstić information content (AvgIpc) is 3.05. The van der Waals surface area contributed by atoms with E-state index in [2.05, 4.69) is 15.1 Å². The summed E-state index contributed by atoms with van der Waals surface area (Å²) >= 11 is 0. The summed E-state index contributed by atoms with van der Waals surface area (Å²) in [7, 11) is 0. The summed E-state index contributed by atoms with van der Waals surface area (Å²) in [4.78, 5) is 22.5. The zero-order valence-corrected chi connectivity index (χ0v) is 15.1. The lowest BCUT2D eigenvalue weighted by Gasteiger charge is -2.31. The second-order valence-corrected chi connectivity index (χ2v) is 6.84. The number of imidazole rings is 1. The molecule has 140 valence electrons. The molecule has 3 aromatic rings. The van der Waals surface area contributed by atoms with E-state index in [1.165, 1.54) is 18.5 Å². The topological polar surface area (TPSA) is 92.9 Å². The Balaban J connectivity index is 1.30. The van der Waals surface area contributed by atoms with Gasteiger partial charge in [0.15, 0.2) is 5.65 Å². The van der Waals surface area contributed by atoms with Gasteiger partial charge in [0, 0.05) is 25.4 Å². The van der Waals surface area contributed by atoms with Gasteiger partial charge in [-0.1, -0.05) is 0 Å². The number of aromatic hydroxyl groups is 1. The molecule has 0 bridgehead atoms. The maximum absolute atomic E-state index is 12.5. The number of piperidine rings is 1. The highest BCUT2D eigenvalue weighted by Crippen LogP contribution is 2.21. The molecule has 3 aromatic heterocycles. The number of aryl methyl sites for hydroxylation is 1. The van der Waals surface area contributed by atoms with E-state index in [1.807, 2.05) is 25.3 Å². The van der Waals surface area contributed by atoms with Crippen LogP contribution in [-0.2, 0) is 0 Å². The summed E-state index contributed by atoms with van der Waals surface area (Å²) in [6.45, 7) is 3.82. The van der Waals surface area contributed by atoms with Gasteiger partial charge < -0.3 is 14.7 Å². The van der Waals surface area contributed by atoms with Crippen LogP contribution in [0.4, 0.5) is 0 Å². The van der Waals surface area contributed by atoms with Gasteiger partial charge in [-0.25, -0.2) is 9.50 Å². The zero-order valence-electron chi connectivity index (χ0n) is 15.1. The Bertz CT molecular complexity index is 963. The number of fused-ring (bicyclic) bond motifs is 1. The summed E-state index contributed by atoms with van der Waals surface area (Å²) in [5, 5.41) is 13.9. The first-order valence-electron chi connectivity index (χ1n) is 8.97. The molecule has 0 aromatic carbocycles. The number of amides is 1. The van der Waals surface area contributed by atoms with Crippen molar-refractivity contribution in [3.63, 3.8) is 0 Å². The predicted molar refractivity (Wildman–Crippen MR) is 97.7 cm³/mol. The SMILES string of the molecule is Cc1cn2nc(OCC3CCN(C(=O)c4cncc(O)c4)CC3)ccc2n1. The number of hydrogen-bond acceptors (Lipinski definition) is 6. The highest BCUT2D eigenvalue weighted by Gasteiger charge is 2.24. The lowest BCUT2D eigenvalue weighted by Crippen LogP contribution is -2.39. The van der Waals surface area contributed by atoms with Crippen molar-refractivity contribution in [2.75, 3.05) is 19.7 Å². The molecule has 1 amide bonds. The van der Waals surface area contributed by atoms with E-state index in [-0.39, 0.29) is 11.7 Å². The zero-order chi connectivity index (χ0) is 18.8. The summed E-state index contributed by atoms with van der Waals surface area (Å²) in [6.07, 6.45) is 6.39. The van der Waals surface area contributed by atoms with Crippen molar-refractivity contribution in [3.05, 3.63) is 48.0 Å². The molecule has 0 saturated carbocycles. The highest BCUT2D eigenvalue weighted by molar-refractivity contribution is 5.94. The van der Waals surface area contributed by atoms with E-state index in [4.69, 9.17) is 4.74 Å². The van der Waals surface area contributed by atoms with E-state index < -0.39 is 0 Å². The maximum Gasteiger partial charge on any atom is 0.255 e. The van der Waals surface area contributed by atoms with Crippen LogP contribution in [0.25, 0.3) is 5.65 Å². The fourth-order valence-electron chi connectivity index (χ4n) is 3.29. The van der Waals surface area contributed by atoms with Crippen LogP contribution in [0.1, 0.15) is 28.9 Å². The van der Waals surface area contributed by atoms with Crippen molar-refractivity contribution >= 4 is 11.6 Å². The van der Waals surface area contributed by atoms with Gasteiger partial charge in [0.05, 0.1) is 30.3 Å². The van der Waals surface area contributed by atoms with Gasteiger partial charge in [0.1, 0.15) is 5.75 Å². The number of likely N-dealkylation sites (tertiary alicyclic amines) is 1. The molecule has 0 spiro atoms. The van der Waals surface area contributed by atoms with Crippen LogP contribution in [-0.4, -0.2) is 55.2 Å². The van der Waals surface area contributed by atoms with Crippen molar-refractivity contribution in [3.8, 4) is 11.6 Å². The summed E-state index contributed by atoms with van der Waals surface area (Å²) < 4.78 is 7.57. The smallest absolute Gasteiger partial charge is 0.255 e. The second-order valence-electron chi connectivity index (χ2n) is 6.84. The predicted octanol–water partition coefficient (Wildman–Crippen LogP) is 2.07. The number of carbonyl (C=O) groups excluding carboxylic acids is 1. The van der Waals surface area contributed by atoms with E-state index in [9.17, 15) is 9.90 Å². The van der Waals surface area contributed by atoms with Crippen molar-refractivity contribution in [1.29, 1.82) is 0 Å². The third-order valence-corrected chi connectivity index (χ3v) is 4.76. The molecule has 0 radical (unpaired) electrons. The van der Waals surface area contributed by atoms with Crippen LogP contribution in [0.3, 0.4) is 0 Å². The molecule has 4 rings (SSSR count). The van der Waals surface area contributed by atoms with Crippen LogP contribution in [0.5, 0.6) is 11.6 Å². The van der Waals surface area contributed by atoms with Crippen LogP contribution < -0.4 is 4.74 Å². The Morgan fingerprint density at radius 1 is 1.30 bits per heavy atom. The van der Waals surface area contributed by atoms with Gasteiger partial charge in [0.25, 0.3) is 5.91 Å². The van der Waals surface area contributed by atoms with E-state index in [0.29, 0.717) is 37.1 Å². The van der Waals surface area contributed by atoms with E-state index in [1.54, 1.807) is 9.42 Å². The van der Waals surface area contributed by atoms with Gasteiger partial charge in [0.2, 0.25) is 5.88 Å². The van der Waals surface area contributed by atoms with Crippen molar-refractivity contribution < 1.29 is 14.6 Å². The number of hydrogen-bond donors (Lipinski definition) is 1. The Morgan fingerprint density at radius 3 is 2.89 bits per heavy atom. The number of rotatable bonds is 4. The van der Waals surface area contributed by atoms with Gasteiger partial charge >= 0.3 is 0 Å². The fraction of sp³-hybridized carbons (Fsp3) is 0.368. The molecule has 0 unspecified atom stereocenters. The number of pyridine rings is 1. The summed E-state index contributed by atoms with van der Waals surface area (Å²) in [5.41, 5.74) is 2.13. The monoisotopic (exact) mass is 367 g/mol. The van der Waals surface area contributed by atoms with Crippen molar-refractivity contribution in [2.45, 2.75) is 19.8 Å². The van der Waals surface area contributed by atoms with Gasteiger partial charge in [-0.05, 0) is 37.8 Å². The van der Waals surface area contributed by atoms with E-state index >= 15 is 0 Å². The van der Waals surface area contributed by atoms with Crippen molar-refractivity contribution in [1.82, 2.24) is 24.5 Å². The minimum Gasteiger partial charge on any atom is -0.506 e. The first-order valence-corrected chi connectivity index (χ1v) is 8.97. The Hall–Kier alpha value is -3.16. The molecule has 1 saturated heterocycles. The Morgan fingerprint density at radius 2 is 2.11 bits per heavy atom. The molecule has 4 heterocycles. The Kier molecular flexibility index (Phi) is 4.62. The van der Waals surface area contributed by atoms with Crippen LogP contribution in [0, 0.1) is 12.8 Å². The highest BCUT2D eigenvalue weighted by atomic mass is 16.5. The molecule has 8 nitrogen and oxygen atoms in total. The fourth-order valence-corrected chi connectivity index (χ4v) is 3.29. The van der Waals surface area contributed by atoms with E-state index in [0.717, 1.165) is 24.2 Å². The van der Waals surface area contributed by atoms with Crippen molar-refractivity contribution in [2.24, 2.45) is 5.92 Å². The lowest BCUT2D eigenvalue weighted by atomic mass is 9.97. The van der Waals surface area contributed by atoms with Crippen LogP contribution >= 0.6 is 0 Å². The van der Waals surface area contributed by atoms with Gasteiger partial charge in [-0.15, -0.1) is 5.10 Å². The molecule has 1 N–H and O–H groups in total. The molecule has 0 atom stereocenters. The largest absolute Gasteiger partial charge is 0.506 e. The molecule has 1 aliphatic rings. The minimum atomic E-state index is -0.0969. The van der Waals surface area contributed by atoms with Crippen LogP contribution in [0.15, 0.2) is 36.8 Å². The molecule has 0 aliphatic carbocycles. The first-order chi connectivity index (χ1) is 13.1. The number of nitrogens with zero attached hydrogens (tertiary/aromatic N) is 5. The third kappa shape index (κ3) is 3.84. The average molecular weight is 367 g/mol.